The van der Waals surface area contributed by atoms with Gasteiger partial charge in [-0.2, -0.15) is 0 Å². The van der Waals surface area contributed by atoms with Crippen molar-refractivity contribution in [2.45, 2.75) is 51.6 Å². The monoisotopic (exact) mass is 495 g/mol. The number of nitrogens with one attached hydrogen (secondary N) is 2. The highest BCUT2D eigenvalue weighted by Crippen LogP contribution is 2.28. The number of amides is 2. The number of nitrogens with zero attached hydrogens (tertiary/aromatic N) is 1. The topological polar surface area (TPSA) is 70.7 Å². The van der Waals surface area contributed by atoms with Crippen LogP contribution in [0.3, 0.4) is 0 Å². The minimum atomic E-state index is -4.99. The highest BCUT2D eigenvalue weighted by molar-refractivity contribution is 5.98. The van der Waals surface area contributed by atoms with E-state index in [2.05, 4.69) is 22.3 Å². The van der Waals surface area contributed by atoms with Crippen molar-refractivity contribution in [3.8, 4) is 5.75 Å². The number of hydrogen-bond donors (Lipinski definition) is 2. The van der Waals surface area contributed by atoms with Gasteiger partial charge in [0.05, 0.1) is 5.56 Å². The molecule has 0 saturated carbocycles. The summed E-state index contributed by atoms with van der Waals surface area (Å²) in [7, 11) is 0. The maximum atomic E-state index is 14.2. The van der Waals surface area contributed by atoms with Crippen LogP contribution in [0, 0.1) is 11.7 Å². The summed E-state index contributed by atoms with van der Waals surface area (Å²) >= 11 is 0. The zero-order valence-electron chi connectivity index (χ0n) is 19.8. The van der Waals surface area contributed by atoms with E-state index in [1.54, 1.807) is 18.7 Å². The number of likely N-dealkylation sites (tertiary alicyclic amines) is 1. The van der Waals surface area contributed by atoms with Gasteiger partial charge in [0.1, 0.15) is 17.6 Å². The number of alkyl halides is 3. The van der Waals surface area contributed by atoms with E-state index in [0.29, 0.717) is 38.1 Å². The largest absolute Gasteiger partial charge is 0.573 e. The standard InChI is InChI=1S/C25H29F4N3O3/c1-16(2)21(30-22(33)19-15-18(9-10-20(19)26)35-25(27,28)29)23(34)32-13-11-24(3,12-14-32)31-17-7-5-4-6-8-17/h4-10,15-16,21,31H,11-14H2,1-3H3,(H,30,33). The lowest BCUT2D eigenvalue weighted by atomic mass is 9.88. The molecule has 1 aliphatic rings. The summed E-state index contributed by atoms with van der Waals surface area (Å²) in [5.41, 5.74) is 0.140. The van der Waals surface area contributed by atoms with Crippen LogP contribution in [-0.4, -0.2) is 47.7 Å². The molecule has 0 bridgehead atoms. The lowest BCUT2D eigenvalue weighted by molar-refractivity contribution is -0.274. The molecule has 0 aliphatic carbocycles. The van der Waals surface area contributed by atoms with E-state index in [1.807, 2.05) is 30.3 Å². The van der Waals surface area contributed by atoms with E-state index >= 15 is 0 Å². The van der Waals surface area contributed by atoms with Crippen LogP contribution in [0.4, 0.5) is 23.2 Å². The van der Waals surface area contributed by atoms with Gasteiger partial charge < -0.3 is 20.3 Å². The second kappa shape index (κ2) is 10.5. The first-order valence-electron chi connectivity index (χ1n) is 11.3. The Balaban J connectivity index is 1.66. The summed E-state index contributed by atoms with van der Waals surface area (Å²) < 4.78 is 55.5. The van der Waals surface area contributed by atoms with Crippen molar-refractivity contribution in [2.24, 2.45) is 5.92 Å². The Morgan fingerprint density at radius 1 is 1.06 bits per heavy atom. The van der Waals surface area contributed by atoms with E-state index in [9.17, 15) is 27.2 Å². The number of ether oxygens (including phenoxy) is 1. The number of halogens is 4. The summed E-state index contributed by atoms with van der Waals surface area (Å²) in [6.07, 6.45) is -3.63. The van der Waals surface area contributed by atoms with Crippen molar-refractivity contribution in [3.63, 3.8) is 0 Å². The minimum absolute atomic E-state index is 0.212. The number of para-hydroxylation sites is 1. The smallest absolute Gasteiger partial charge is 0.406 e. The number of hydrogen-bond acceptors (Lipinski definition) is 4. The Morgan fingerprint density at radius 2 is 1.69 bits per heavy atom. The van der Waals surface area contributed by atoms with Crippen LogP contribution in [0.5, 0.6) is 5.75 Å². The van der Waals surface area contributed by atoms with E-state index in [-0.39, 0.29) is 17.4 Å². The first-order valence-corrected chi connectivity index (χ1v) is 11.3. The molecule has 0 aromatic heterocycles. The van der Waals surface area contributed by atoms with Crippen molar-refractivity contribution in [1.82, 2.24) is 10.2 Å². The Bertz CT molecular complexity index is 1040. The lowest BCUT2D eigenvalue weighted by Gasteiger charge is -2.42. The molecule has 6 nitrogen and oxygen atoms in total. The molecule has 0 radical (unpaired) electrons. The SMILES string of the molecule is CC(C)C(NC(=O)c1cc(OC(F)(F)F)ccc1F)C(=O)N1CCC(C)(Nc2ccccc2)CC1. The molecule has 1 atom stereocenters. The Kier molecular flexibility index (Phi) is 7.92. The molecule has 190 valence electrons. The maximum Gasteiger partial charge on any atom is 0.573 e. The summed E-state index contributed by atoms with van der Waals surface area (Å²) in [6, 6.07) is 10.9. The van der Waals surface area contributed by atoms with Gasteiger partial charge in [-0.15, -0.1) is 13.2 Å². The average Bonchev–Trinajstić information content (AvgIpc) is 2.78. The molecular formula is C25H29F4N3O3. The third-order valence-corrected chi connectivity index (χ3v) is 6.03. The average molecular weight is 496 g/mol. The van der Waals surface area contributed by atoms with Gasteiger partial charge in [0.2, 0.25) is 5.91 Å². The van der Waals surface area contributed by atoms with Crippen molar-refractivity contribution < 1.29 is 31.9 Å². The number of piperidine rings is 1. The van der Waals surface area contributed by atoms with Crippen LogP contribution in [0.2, 0.25) is 0 Å². The third-order valence-electron chi connectivity index (χ3n) is 6.03. The first-order chi connectivity index (χ1) is 16.4. The van der Waals surface area contributed by atoms with Gasteiger partial charge in [-0.3, -0.25) is 9.59 Å². The van der Waals surface area contributed by atoms with Gasteiger partial charge in [-0.1, -0.05) is 32.0 Å². The van der Waals surface area contributed by atoms with Crippen LogP contribution in [-0.2, 0) is 4.79 Å². The fourth-order valence-corrected chi connectivity index (χ4v) is 4.02. The summed E-state index contributed by atoms with van der Waals surface area (Å²) in [5.74, 6) is -3.39. The zero-order chi connectivity index (χ0) is 25.8. The summed E-state index contributed by atoms with van der Waals surface area (Å²) in [5, 5.41) is 6.01. The molecule has 1 unspecified atom stereocenters. The van der Waals surface area contributed by atoms with Gasteiger partial charge in [-0.05, 0) is 56.0 Å². The predicted octanol–water partition coefficient (Wildman–Crippen LogP) is 4.97. The highest BCUT2D eigenvalue weighted by Gasteiger charge is 2.36. The lowest BCUT2D eigenvalue weighted by Crippen LogP contribution is -2.56. The molecule has 2 N–H and O–H groups in total. The van der Waals surface area contributed by atoms with E-state index in [4.69, 9.17) is 0 Å². The second-order valence-corrected chi connectivity index (χ2v) is 9.26. The van der Waals surface area contributed by atoms with Crippen molar-refractivity contribution in [3.05, 3.63) is 59.9 Å². The van der Waals surface area contributed by atoms with Gasteiger partial charge in [0.25, 0.3) is 5.91 Å². The fourth-order valence-electron chi connectivity index (χ4n) is 4.02. The predicted molar refractivity (Wildman–Crippen MR) is 123 cm³/mol. The van der Waals surface area contributed by atoms with E-state index in [0.717, 1.165) is 11.8 Å². The summed E-state index contributed by atoms with van der Waals surface area (Å²) in [4.78, 5) is 27.6. The zero-order valence-corrected chi connectivity index (χ0v) is 19.8. The minimum Gasteiger partial charge on any atom is -0.406 e. The van der Waals surface area contributed by atoms with Crippen LogP contribution in [0.25, 0.3) is 0 Å². The van der Waals surface area contributed by atoms with E-state index in [1.165, 1.54) is 0 Å². The van der Waals surface area contributed by atoms with Crippen LogP contribution < -0.4 is 15.4 Å². The number of carbonyl (C=O) groups excluding carboxylic acids is 2. The molecule has 35 heavy (non-hydrogen) atoms. The first kappa shape index (κ1) is 26.3. The van der Waals surface area contributed by atoms with Gasteiger partial charge in [0, 0.05) is 24.3 Å². The summed E-state index contributed by atoms with van der Waals surface area (Å²) in [6.45, 7) is 6.46. The second-order valence-electron chi connectivity index (χ2n) is 9.26. The molecule has 2 amide bonds. The molecule has 1 aliphatic heterocycles. The number of carbonyl (C=O) groups is 2. The Morgan fingerprint density at radius 3 is 2.26 bits per heavy atom. The molecule has 1 fully saturated rings. The molecule has 2 aromatic carbocycles. The molecule has 1 saturated heterocycles. The molecule has 3 rings (SSSR count). The highest BCUT2D eigenvalue weighted by atomic mass is 19.4. The van der Waals surface area contributed by atoms with Crippen molar-refractivity contribution >= 4 is 17.5 Å². The molecule has 0 spiro atoms. The van der Waals surface area contributed by atoms with Crippen LogP contribution in [0.1, 0.15) is 44.0 Å². The quantitative estimate of drug-likeness (QED) is 0.532. The molecular weight excluding hydrogens is 466 g/mol. The van der Waals surface area contributed by atoms with Crippen molar-refractivity contribution in [1.29, 1.82) is 0 Å². The van der Waals surface area contributed by atoms with Crippen LogP contribution in [0.15, 0.2) is 48.5 Å². The third kappa shape index (κ3) is 7.10. The number of benzene rings is 2. The Labute approximate surface area is 201 Å². The molecule has 1 heterocycles. The molecule has 10 heteroatoms. The van der Waals surface area contributed by atoms with Crippen molar-refractivity contribution in [2.75, 3.05) is 18.4 Å². The maximum absolute atomic E-state index is 14.2. The fraction of sp³-hybridized carbons (Fsp3) is 0.440. The number of anilines is 1. The van der Waals surface area contributed by atoms with Crippen LogP contribution >= 0.6 is 0 Å². The Hall–Kier alpha value is -3.30. The molecule has 2 aromatic rings. The van der Waals surface area contributed by atoms with Gasteiger partial charge in [-0.25, -0.2) is 4.39 Å². The van der Waals surface area contributed by atoms with Gasteiger partial charge in [0.15, 0.2) is 0 Å². The normalized spacial score (nSPS) is 16.5. The van der Waals surface area contributed by atoms with E-state index < -0.39 is 35.4 Å². The van der Waals surface area contributed by atoms with Gasteiger partial charge >= 0.3 is 6.36 Å². The number of rotatable bonds is 7.